The number of nitrogens with zero attached hydrogens (tertiary/aromatic N) is 4. The van der Waals surface area contributed by atoms with Gasteiger partial charge in [0, 0.05) is 21.2 Å². The summed E-state index contributed by atoms with van der Waals surface area (Å²) >= 11 is 12.3. The number of halogens is 6. The molecule has 0 saturated carbocycles. The zero-order chi connectivity index (χ0) is 36.3. The number of alkyl halides is 2. The number of imidazole rings is 2. The molecule has 53 heavy (non-hydrogen) atoms. The van der Waals surface area contributed by atoms with Gasteiger partial charge >= 0.3 is 35.0 Å². The van der Waals surface area contributed by atoms with E-state index in [0.717, 1.165) is 13.1 Å². The molecule has 4 aromatic carbocycles. The molecule has 2 unspecified atom stereocenters. The van der Waals surface area contributed by atoms with Gasteiger partial charge in [-0.05, 0) is 0 Å². The second kappa shape index (κ2) is 27.1. The second-order valence-electron chi connectivity index (χ2n) is 11.3. The van der Waals surface area contributed by atoms with E-state index in [0.29, 0.717) is 11.8 Å². The van der Waals surface area contributed by atoms with Crippen molar-refractivity contribution >= 4 is 79.8 Å². The fraction of sp³-hybridized carbons (Fsp3) is 0.211. The molecule has 0 fully saturated rings. The van der Waals surface area contributed by atoms with E-state index in [1.165, 1.54) is 21.2 Å². The van der Waals surface area contributed by atoms with Crippen LogP contribution in [0, 0.1) is 0 Å². The van der Waals surface area contributed by atoms with Gasteiger partial charge in [-0.25, -0.2) is 18.3 Å². The number of rotatable bonds is 14. The van der Waals surface area contributed by atoms with Crippen molar-refractivity contribution in [3.63, 3.8) is 0 Å². The molecule has 288 valence electrons. The maximum absolute atomic E-state index is 6.49. The Bertz CT molecular complexity index is 1590. The van der Waals surface area contributed by atoms with Crippen molar-refractivity contribution in [2.75, 3.05) is 11.8 Å². The Morgan fingerprint density at radius 1 is 0.547 bits per heavy atom. The molecule has 0 bridgehead atoms. The molecule has 0 amide bonds. The summed E-state index contributed by atoms with van der Waals surface area (Å²) < 4.78 is 21.2. The first-order valence-corrected chi connectivity index (χ1v) is 23.6. The Morgan fingerprint density at radius 3 is 1.02 bits per heavy atom. The first-order valence-electron chi connectivity index (χ1n) is 16.0. The quantitative estimate of drug-likeness (QED) is 0.0717. The summed E-state index contributed by atoms with van der Waals surface area (Å²) in [5.41, 5.74) is 0. The molecule has 2 aromatic heterocycles. The SMILES string of the molecule is C[n+]1ccn(CC(CCl)OP(c2ccccc2)c2ccccc2)c1.C[n+]1ccn(CC(CCl)OP(c2ccccc2)c2ccccc2)c1.[Cl-].[Cl-].[Cl][Pd][Cl]. The molecular formula is C38H42Cl6N4O2P2Pd. The summed E-state index contributed by atoms with van der Waals surface area (Å²) in [6.45, 7) is 1.48. The summed E-state index contributed by atoms with van der Waals surface area (Å²) in [5.74, 6) is 0.917. The fourth-order valence-corrected chi connectivity index (χ4v) is 9.23. The summed E-state index contributed by atoms with van der Waals surface area (Å²) in [6.07, 6.45) is 12.1. The normalized spacial score (nSPS) is 11.7. The van der Waals surface area contributed by atoms with Crippen LogP contribution in [0.1, 0.15) is 0 Å². The van der Waals surface area contributed by atoms with Crippen molar-refractivity contribution in [3.8, 4) is 0 Å². The van der Waals surface area contributed by atoms with Gasteiger partial charge in [0.05, 0.1) is 42.2 Å². The van der Waals surface area contributed by atoms with E-state index in [9.17, 15) is 0 Å². The molecule has 6 aromatic rings. The van der Waals surface area contributed by atoms with Crippen LogP contribution in [-0.2, 0) is 52.2 Å². The Kier molecular flexibility index (Phi) is 24.4. The van der Waals surface area contributed by atoms with Crippen molar-refractivity contribution in [1.82, 2.24) is 9.13 Å². The first-order chi connectivity index (χ1) is 24.9. The molecule has 15 heteroatoms. The molecule has 0 saturated heterocycles. The van der Waals surface area contributed by atoms with Crippen molar-refractivity contribution in [1.29, 1.82) is 0 Å². The number of aromatic nitrogens is 4. The van der Waals surface area contributed by atoms with E-state index in [2.05, 4.69) is 106 Å². The topological polar surface area (TPSA) is 36.1 Å². The average molecular weight is 968 g/mol. The third-order valence-electron chi connectivity index (χ3n) is 7.29. The van der Waals surface area contributed by atoms with Gasteiger partial charge in [-0.3, -0.25) is 0 Å². The zero-order valence-electron chi connectivity index (χ0n) is 29.1. The molecule has 2 heterocycles. The predicted octanol–water partition coefficient (Wildman–Crippen LogP) is 1.35. The van der Waals surface area contributed by atoms with Crippen molar-refractivity contribution < 1.29 is 58.9 Å². The number of benzene rings is 4. The monoisotopic (exact) mass is 964 g/mol. The van der Waals surface area contributed by atoms with E-state index in [-0.39, 0.29) is 53.0 Å². The van der Waals surface area contributed by atoms with Gasteiger partial charge in [0.25, 0.3) is 0 Å². The summed E-state index contributed by atoms with van der Waals surface area (Å²) in [4.78, 5) is 0. The third-order valence-corrected chi connectivity index (χ3v) is 12.1. The molecule has 6 nitrogen and oxygen atoms in total. The Balaban J connectivity index is 0.000000330. The summed E-state index contributed by atoms with van der Waals surface area (Å²) in [7, 11) is 11.9. The minimum absolute atomic E-state index is 0. The van der Waals surface area contributed by atoms with Crippen molar-refractivity contribution in [2.45, 2.75) is 25.3 Å². The summed E-state index contributed by atoms with van der Waals surface area (Å²) in [5, 5.41) is 4.80. The predicted molar refractivity (Wildman–Crippen MR) is 212 cm³/mol. The average Bonchev–Trinajstić information content (AvgIpc) is 3.79. The molecule has 0 N–H and O–H groups in total. The van der Waals surface area contributed by atoms with Crippen molar-refractivity contribution in [2.24, 2.45) is 14.1 Å². The van der Waals surface area contributed by atoms with E-state index >= 15 is 0 Å². The molecule has 0 aliphatic rings. The molecule has 0 radical (unpaired) electrons. The van der Waals surface area contributed by atoms with E-state index in [4.69, 9.17) is 51.3 Å². The van der Waals surface area contributed by atoms with Crippen LogP contribution >= 0.6 is 58.6 Å². The maximum atomic E-state index is 6.49. The van der Waals surface area contributed by atoms with Crippen LogP contribution in [0.2, 0.25) is 0 Å². The number of hydrogen-bond donors (Lipinski definition) is 0. The third kappa shape index (κ3) is 16.6. The standard InChI is InChI=1S/2C19H21ClN2OP.4ClH.Pd/c2*1-21-12-13-22(16-21)15-17(14-20)23-24(18-8-4-2-5-9-18)19-10-6-3-7-11-19;;;;;/h2*2-13,16-17H,14-15H2,1H3;4*1H;/q2*+1;;;;;+2/p-4. The van der Waals surface area contributed by atoms with Crippen LogP contribution in [0.25, 0.3) is 0 Å². The number of aryl methyl sites for hydroxylation is 2. The molecule has 6 rings (SSSR count). The number of hydrogen-bond acceptors (Lipinski definition) is 2. The molecule has 2 atom stereocenters. The molecular weight excluding hydrogens is 926 g/mol. The van der Waals surface area contributed by atoms with E-state index < -0.39 is 16.3 Å². The van der Waals surface area contributed by atoms with Gasteiger partial charge in [-0.2, -0.15) is 0 Å². The Labute approximate surface area is 354 Å². The molecule has 0 aliphatic heterocycles. The fourth-order valence-electron chi connectivity index (χ4n) is 5.00. The van der Waals surface area contributed by atoms with Crippen LogP contribution in [-0.4, -0.2) is 33.1 Å². The van der Waals surface area contributed by atoms with Crippen molar-refractivity contribution in [3.05, 3.63) is 159 Å². The zero-order valence-corrected chi connectivity index (χ0v) is 37.0. The minimum atomic E-state index is -0.890. The van der Waals surface area contributed by atoms with Crippen LogP contribution in [0.15, 0.2) is 159 Å². The van der Waals surface area contributed by atoms with Gasteiger partial charge < -0.3 is 33.9 Å². The van der Waals surface area contributed by atoms with Crippen LogP contribution in [0.5, 0.6) is 0 Å². The second-order valence-corrected chi connectivity index (χ2v) is 17.9. The Hall–Kier alpha value is -1.52. The van der Waals surface area contributed by atoms with Gasteiger partial charge in [0.15, 0.2) is 0 Å². The van der Waals surface area contributed by atoms with Crippen LogP contribution in [0.4, 0.5) is 0 Å². The molecule has 0 spiro atoms. The van der Waals surface area contributed by atoms with Crippen LogP contribution in [0.3, 0.4) is 0 Å². The van der Waals surface area contributed by atoms with Gasteiger partial charge in [-0.1, -0.05) is 121 Å². The Morgan fingerprint density at radius 2 is 0.811 bits per heavy atom. The van der Waals surface area contributed by atoms with Gasteiger partial charge in [0.2, 0.25) is 12.7 Å². The van der Waals surface area contributed by atoms with Crippen LogP contribution < -0.4 is 55.2 Å². The first kappa shape index (κ1) is 47.6. The summed E-state index contributed by atoms with van der Waals surface area (Å²) in [6, 6.07) is 41.5. The van der Waals surface area contributed by atoms with E-state index in [1.807, 2.05) is 84.9 Å². The van der Waals surface area contributed by atoms with Gasteiger partial charge in [-0.15, -0.1) is 23.2 Å². The molecule has 0 aliphatic carbocycles. The van der Waals surface area contributed by atoms with E-state index in [1.54, 1.807) is 0 Å². The van der Waals surface area contributed by atoms with Gasteiger partial charge in [0.1, 0.15) is 50.1 Å².